The molecule has 1 aliphatic carbocycles. The Morgan fingerprint density at radius 2 is 1.81 bits per heavy atom. The lowest BCUT2D eigenvalue weighted by molar-refractivity contribution is -0.145. The zero-order chi connectivity index (χ0) is 12.0. The van der Waals surface area contributed by atoms with E-state index in [4.69, 9.17) is 10.5 Å². The number of halogens is 3. The molecule has 2 N–H and O–H groups in total. The Hall–Kier alpha value is -0.290. The van der Waals surface area contributed by atoms with Gasteiger partial charge in [0, 0.05) is 6.04 Å². The van der Waals surface area contributed by atoms with Crippen LogP contribution in [0.3, 0.4) is 0 Å². The first kappa shape index (κ1) is 13.8. The van der Waals surface area contributed by atoms with Crippen molar-refractivity contribution in [2.24, 2.45) is 11.7 Å². The van der Waals surface area contributed by atoms with Crippen LogP contribution in [0, 0.1) is 5.92 Å². The second kappa shape index (κ2) is 6.45. The largest absolute Gasteiger partial charge is 0.391 e. The molecule has 1 rings (SSSR count). The third kappa shape index (κ3) is 5.70. The molecule has 2 nitrogen and oxygen atoms in total. The topological polar surface area (TPSA) is 35.2 Å². The molecule has 0 aromatic carbocycles. The van der Waals surface area contributed by atoms with E-state index in [9.17, 15) is 13.2 Å². The number of hydrogen-bond acceptors (Lipinski definition) is 2. The predicted molar refractivity (Wildman–Crippen MR) is 56.0 cm³/mol. The summed E-state index contributed by atoms with van der Waals surface area (Å²) in [6, 6.07) is -0.103. The van der Waals surface area contributed by atoms with Crippen LogP contribution in [0.5, 0.6) is 0 Å². The zero-order valence-corrected chi connectivity index (χ0v) is 9.43. The molecule has 5 heteroatoms. The Bertz CT molecular complexity index is 190. The van der Waals surface area contributed by atoms with E-state index in [2.05, 4.69) is 0 Å². The van der Waals surface area contributed by atoms with Gasteiger partial charge in [0.25, 0.3) is 0 Å². The maximum absolute atomic E-state index is 11.8. The first-order valence-corrected chi connectivity index (χ1v) is 5.89. The monoisotopic (exact) mass is 239 g/mol. The molecule has 0 radical (unpaired) electrons. The maximum Gasteiger partial charge on any atom is 0.391 e. The molecule has 1 fully saturated rings. The number of rotatable bonds is 5. The van der Waals surface area contributed by atoms with Crippen molar-refractivity contribution in [2.45, 2.75) is 50.7 Å². The summed E-state index contributed by atoms with van der Waals surface area (Å²) in [5.41, 5.74) is 5.89. The highest BCUT2D eigenvalue weighted by atomic mass is 19.4. The number of alkyl halides is 3. The van der Waals surface area contributed by atoms with Gasteiger partial charge in [0.1, 0.15) is 0 Å². The molecular formula is C11H20F3NO. The number of nitrogens with two attached hydrogens (primary N) is 1. The van der Waals surface area contributed by atoms with Gasteiger partial charge in [-0.2, -0.15) is 13.2 Å². The SMILES string of the molecule is NC(COCCC(F)(F)F)C1CCCCC1. The Kier molecular flexibility index (Phi) is 5.55. The molecule has 0 aromatic heterocycles. The van der Waals surface area contributed by atoms with Gasteiger partial charge in [-0.3, -0.25) is 0 Å². The van der Waals surface area contributed by atoms with E-state index in [0.29, 0.717) is 5.92 Å². The van der Waals surface area contributed by atoms with E-state index < -0.39 is 12.6 Å². The molecule has 0 saturated heterocycles. The van der Waals surface area contributed by atoms with Crippen molar-refractivity contribution in [2.75, 3.05) is 13.2 Å². The van der Waals surface area contributed by atoms with Crippen LogP contribution >= 0.6 is 0 Å². The average molecular weight is 239 g/mol. The van der Waals surface area contributed by atoms with E-state index in [1.807, 2.05) is 0 Å². The Morgan fingerprint density at radius 3 is 2.38 bits per heavy atom. The molecule has 0 aliphatic heterocycles. The van der Waals surface area contributed by atoms with E-state index in [-0.39, 0.29) is 19.3 Å². The first-order chi connectivity index (χ1) is 7.49. The smallest absolute Gasteiger partial charge is 0.379 e. The van der Waals surface area contributed by atoms with E-state index in [1.54, 1.807) is 0 Å². The van der Waals surface area contributed by atoms with Crippen LogP contribution in [-0.4, -0.2) is 25.4 Å². The highest BCUT2D eigenvalue weighted by molar-refractivity contribution is 4.76. The number of hydrogen-bond donors (Lipinski definition) is 1. The minimum absolute atomic E-state index is 0.103. The number of ether oxygens (including phenoxy) is 1. The third-order valence-electron chi connectivity index (χ3n) is 3.10. The molecule has 0 spiro atoms. The quantitative estimate of drug-likeness (QED) is 0.749. The maximum atomic E-state index is 11.8. The van der Waals surface area contributed by atoms with Gasteiger partial charge >= 0.3 is 6.18 Å². The average Bonchev–Trinajstić information content (AvgIpc) is 2.24. The fourth-order valence-corrected chi connectivity index (χ4v) is 2.11. The van der Waals surface area contributed by atoms with Gasteiger partial charge in [-0.05, 0) is 18.8 Å². The summed E-state index contributed by atoms with van der Waals surface area (Å²) >= 11 is 0. The van der Waals surface area contributed by atoms with Crippen molar-refractivity contribution in [3.63, 3.8) is 0 Å². The Morgan fingerprint density at radius 1 is 1.19 bits per heavy atom. The summed E-state index contributed by atoms with van der Waals surface area (Å²) in [7, 11) is 0. The molecule has 1 aliphatic rings. The molecule has 96 valence electrons. The molecular weight excluding hydrogens is 219 g/mol. The van der Waals surface area contributed by atoms with Gasteiger partial charge in [0.15, 0.2) is 0 Å². The van der Waals surface area contributed by atoms with Crippen LogP contribution in [-0.2, 0) is 4.74 Å². The second-order valence-electron chi connectivity index (χ2n) is 4.50. The van der Waals surface area contributed by atoms with Crippen LogP contribution in [0.15, 0.2) is 0 Å². The lowest BCUT2D eigenvalue weighted by atomic mass is 9.84. The van der Waals surface area contributed by atoms with Crippen molar-refractivity contribution in [3.05, 3.63) is 0 Å². The van der Waals surface area contributed by atoms with Gasteiger partial charge in [0.05, 0.1) is 19.6 Å². The lowest BCUT2D eigenvalue weighted by Gasteiger charge is -2.27. The minimum atomic E-state index is -4.13. The Labute approximate surface area is 94.3 Å². The van der Waals surface area contributed by atoms with Gasteiger partial charge in [-0.15, -0.1) is 0 Å². The van der Waals surface area contributed by atoms with Crippen molar-refractivity contribution in [1.29, 1.82) is 0 Å². The van der Waals surface area contributed by atoms with Crippen LogP contribution in [0.25, 0.3) is 0 Å². The summed E-state index contributed by atoms with van der Waals surface area (Å²) in [6.07, 6.45) is 0.771. The van der Waals surface area contributed by atoms with Gasteiger partial charge in [0.2, 0.25) is 0 Å². The summed E-state index contributed by atoms with van der Waals surface area (Å²) in [4.78, 5) is 0. The van der Waals surface area contributed by atoms with Crippen LogP contribution < -0.4 is 5.73 Å². The molecule has 1 saturated carbocycles. The van der Waals surface area contributed by atoms with E-state index in [0.717, 1.165) is 12.8 Å². The predicted octanol–water partition coefficient (Wildman–Crippen LogP) is 2.86. The normalized spacial score (nSPS) is 21.0. The summed E-state index contributed by atoms with van der Waals surface area (Å²) in [5, 5.41) is 0. The fourth-order valence-electron chi connectivity index (χ4n) is 2.11. The molecule has 1 unspecified atom stereocenters. The van der Waals surface area contributed by atoms with Crippen LogP contribution in [0.1, 0.15) is 38.5 Å². The molecule has 0 heterocycles. The minimum Gasteiger partial charge on any atom is -0.379 e. The lowest BCUT2D eigenvalue weighted by Crippen LogP contribution is -2.36. The van der Waals surface area contributed by atoms with Crippen molar-refractivity contribution >= 4 is 0 Å². The van der Waals surface area contributed by atoms with Crippen molar-refractivity contribution in [3.8, 4) is 0 Å². The van der Waals surface area contributed by atoms with E-state index in [1.165, 1.54) is 19.3 Å². The van der Waals surface area contributed by atoms with Crippen LogP contribution in [0.4, 0.5) is 13.2 Å². The highest BCUT2D eigenvalue weighted by Crippen LogP contribution is 2.26. The second-order valence-corrected chi connectivity index (χ2v) is 4.50. The molecule has 0 bridgehead atoms. The third-order valence-corrected chi connectivity index (χ3v) is 3.10. The van der Waals surface area contributed by atoms with Gasteiger partial charge < -0.3 is 10.5 Å². The standard InChI is InChI=1S/C11H20F3NO/c12-11(13,14)6-7-16-8-10(15)9-4-2-1-3-5-9/h9-10H,1-8,15H2. The van der Waals surface area contributed by atoms with Crippen LogP contribution in [0.2, 0.25) is 0 Å². The Balaban J connectivity index is 2.07. The molecule has 1 atom stereocenters. The summed E-state index contributed by atoms with van der Waals surface area (Å²) in [6.45, 7) is -0.0231. The van der Waals surface area contributed by atoms with E-state index >= 15 is 0 Å². The molecule has 0 aromatic rings. The zero-order valence-electron chi connectivity index (χ0n) is 9.43. The van der Waals surface area contributed by atoms with Crippen molar-refractivity contribution < 1.29 is 17.9 Å². The van der Waals surface area contributed by atoms with Gasteiger partial charge in [-0.25, -0.2) is 0 Å². The summed E-state index contributed by atoms with van der Waals surface area (Å²) in [5.74, 6) is 0.430. The first-order valence-electron chi connectivity index (χ1n) is 5.89. The van der Waals surface area contributed by atoms with Crippen molar-refractivity contribution in [1.82, 2.24) is 0 Å². The molecule has 16 heavy (non-hydrogen) atoms. The summed E-state index contributed by atoms with van der Waals surface area (Å²) < 4.78 is 40.5. The highest BCUT2D eigenvalue weighted by Gasteiger charge is 2.27. The van der Waals surface area contributed by atoms with Gasteiger partial charge in [-0.1, -0.05) is 19.3 Å². The molecule has 0 amide bonds. The fraction of sp³-hybridized carbons (Fsp3) is 1.00.